The molecular weight excluding hydrogens is 316 g/mol. The third kappa shape index (κ3) is 3.17. The lowest BCUT2D eigenvalue weighted by Gasteiger charge is -2.30. The topological polar surface area (TPSA) is 68.6 Å². The molecule has 1 aromatic rings. The molecule has 1 aliphatic heterocycles. The van der Waals surface area contributed by atoms with E-state index < -0.39 is 16.0 Å². The van der Waals surface area contributed by atoms with Gasteiger partial charge < -0.3 is 9.30 Å². The molecule has 1 fully saturated rings. The summed E-state index contributed by atoms with van der Waals surface area (Å²) in [6.45, 7) is 8.46. The Labute approximate surface area is 138 Å². The maximum atomic E-state index is 13.2. The molecule has 1 aromatic heterocycles. The van der Waals surface area contributed by atoms with E-state index in [0.717, 1.165) is 12.8 Å². The minimum atomic E-state index is -3.71. The number of hydrogen-bond acceptors (Lipinski definition) is 4. The molecule has 0 unspecified atom stereocenters. The number of ether oxygens (including phenoxy) is 1. The highest BCUT2D eigenvalue weighted by molar-refractivity contribution is 7.89. The highest BCUT2D eigenvalue weighted by atomic mass is 32.2. The molecule has 0 amide bonds. The van der Waals surface area contributed by atoms with Gasteiger partial charge in [-0.2, -0.15) is 4.31 Å². The Kier molecular flexibility index (Phi) is 5.20. The number of hydrogen-bond donors (Lipinski definition) is 0. The Morgan fingerprint density at radius 3 is 2.52 bits per heavy atom. The molecule has 6 nitrogen and oxygen atoms in total. The summed E-state index contributed by atoms with van der Waals surface area (Å²) in [5, 5.41) is 0. The van der Waals surface area contributed by atoms with Gasteiger partial charge in [-0.1, -0.05) is 6.92 Å². The first-order chi connectivity index (χ1) is 10.7. The highest BCUT2D eigenvalue weighted by Gasteiger charge is 2.36. The fourth-order valence-corrected chi connectivity index (χ4v) is 5.25. The second kappa shape index (κ2) is 6.65. The zero-order valence-electron chi connectivity index (χ0n) is 14.5. The van der Waals surface area contributed by atoms with E-state index in [-0.39, 0.29) is 17.1 Å². The molecule has 0 bridgehead atoms. The normalized spacial score (nSPS) is 19.8. The molecule has 0 aliphatic carbocycles. The molecule has 0 N–H and O–H groups in total. The summed E-state index contributed by atoms with van der Waals surface area (Å²) in [7, 11) is -1.94. The molecule has 0 spiro atoms. The molecule has 0 aromatic carbocycles. The van der Waals surface area contributed by atoms with Crippen LogP contribution < -0.4 is 0 Å². The average molecular weight is 342 g/mol. The van der Waals surface area contributed by atoms with Crippen LogP contribution in [0.1, 0.15) is 48.4 Å². The summed E-state index contributed by atoms with van der Waals surface area (Å²) in [5.41, 5.74) is 1.36. The second-order valence-electron chi connectivity index (χ2n) is 6.26. The Bertz CT molecular complexity index is 706. The lowest BCUT2D eigenvalue weighted by atomic mass is 10.0. The molecule has 2 heterocycles. The van der Waals surface area contributed by atoms with E-state index in [9.17, 15) is 13.2 Å². The molecule has 1 atom stereocenters. The number of carbonyl (C=O) groups is 1. The van der Waals surface area contributed by atoms with Crippen LogP contribution in [-0.2, 0) is 21.8 Å². The fraction of sp³-hybridized carbons (Fsp3) is 0.688. The van der Waals surface area contributed by atoms with Crippen molar-refractivity contribution in [2.45, 2.75) is 45.4 Å². The maximum absolute atomic E-state index is 13.2. The van der Waals surface area contributed by atoms with Gasteiger partial charge in [-0.3, -0.25) is 0 Å². The molecule has 0 radical (unpaired) electrons. The zero-order chi connectivity index (χ0) is 17.4. The first kappa shape index (κ1) is 18.0. The Morgan fingerprint density at radius 2 is 1.96 bits per heavy atom. The highest BCUT2D eigenvalue weighted by Crippen LogP contribution is 2.31. The average Bonchev–Trinajstić information content (AvgIpc) is 2.72. The van der Waals surface area contributed by atoms with Crippen molar-refractivity contribution in [3.8, 4) is 0 Å². The van der Waals surface area contributed by atoms with Gasteiger partial charge in [-0.15, -0.1) is 0 Å². The van der Waals surface area contributed by atoms with E-state index in [1.54, 1.807) is 32.4 Å². The number of nitrogens with zero attached hydrogens (tertiary/aromatic N) is 2. The monoisotopic (exact) mass is 342 g/mol. The summed E-state index contributed by atoms with van der Waals surface area (Å²) in [4.78, 5) is 12.4. The molecule has 23 heavy (non-hydrogen) atoms. The fourth-order valence-electron chi connectivity index (χ4n) is 3.17. The summed E-state index contributed by atoms with van der Waals surface area (Å²) in [6, 6.07) is 0. The number of piperidine rings is 1. The van der Waals surface area contributed by atoms with Crippen molar-refractivity contribution in [2.24, 2.45) is 13.0 Å². The van der Waals surface area contributed by atoms with Crippen LogP contribution in [0.2, 0.25) is 0 Å². The predicted molar refractivity (Wildman–Crippen MR) is 88.0 cm³/mol. The van der Waals surface area contributed by atoms with Crippen molar-refractivity contribution in [3.63, 3.8) is 0 Å². The van der Waals surface area contributed by atoms with E-state index in [1.165, 1.54) is 4.31 Å². The van der Waals surface area contributed by atoms with Crippen molar-refractivity contribution >= 4 is 16.0 Å². The van der Waals surface area contributed by atoms with Crippen LogP contribution in [0.15, 0.2) is 4.90 Å². The van der Waals surface area contributed by atoms with Crippen LogP contribution in [0.4, 0.5) is 0 Å². The van der Waals surface area contributed by atoms with Crippen LogP contribution in [0.3, 0.4) is 0 Å². The van der Waals surface area contributed by atoms with E-state index in [4.69, 9.17) is 4.74 Å². The van der Waals surface area contributed by atoms with Gasteiger partial charge in [0.25, 0.3) is 0 Å². The summed E-state index contributed by atoms with van der Waals surface area (Å²) in [5.74, 6) is -0.244. The minimum Gasteiger partial charge on any atom is -0.462 e. The van der Waals surface area contributed by atoms with Gasteiger partial charge in [-0.05, 0) is 39.5 Å². The largest absolute Gasteiger partial charge is 0.462 e. The Morgan fingerprint density at radius 1 is 1.30 bits per heavy atom. The van der Waals surface area contributed by atoms with Crippen molar-refractivity contribution in [1.82, 2.24) is 8.87 Å². The van der Waals surface area contributed by atoms with Crippen molar-refractivity contribution < 1.29 is 17.9 Å². The third-order valence-corrected chi connectivity index (χ3v) is 6.65. The van der Waals surface area contributed by atoms with Gasteiger partial charge in [0.05, 0.1) is 6.61 Å². The number of carbonyl (C=O) groups excluding carboxylic acids is 1. The van der Waals surface area contributed by atoms with Gasteiger partial charge in [0.15, 0.2) is 0 Å². The first-order valence-electron chi connectivity index (χ1n) is 8.04. The smallest absolute Gasteiger partial charge is 0.341 e. The van der Waals surface area contributed by atoms with Gasteiger partial charge in [0, 0.05) is 31.5 Å². The van der Waals surface area contributed by atoms with Gasteiger partial charge in [-0.25, -0.2) is 13.2 Å². The molecule has 0 saturated carbocycles. The molecule has 130 valence electrons. The Balaban J connectivity index is 2.57. The quantitative estimate of drug-likeness (QED) is 0.787. The number of esters is 1. The number of aromatic nitrogens is 1. The van der Waals surface area contributed by atoms with Gasteiger partial charge >= 0.3 is 5.97 Å². The lowest BCUT2D eigenvalue weighted by molar-refractivity contribution is 0.0521. The second-order valence-corrected chi connectivity index (χ2v) is 8.14. The molecular formula is C16H26N2O4S. The van der Waals surface area contributed by atoms with E-state index in [0.29, 0.717) is 30.4 Å². The molecule has 1 saturated heterocycles. The van der Waals surface area contributed by atoms with Gasteiger partial charge in [0.1, 0.15) is 10.5 Å². The van der Waals surface area contributed by atoms with Crippen molar-refractivity contribution in [3.05, 3.63) is 17.0 Å². The molecule has 2 rings (SSSR count). The van der Waals surface area contributed by atoms with E-state index >= 15 is 0 Å². The predicted octanol–water partition coefficient (Wildman–Crippen LogP) is 2.24. The number of rotatable bonds is 4. The van der Waals surface area contributed by atoms with Crippen LogP contribution in [-0.4, -0.2) is 43.0 Å². The van der Waals surface area contributed by atoms with Crippen LogP contribution >= 0.6 is 0 Å². The van der Waals surface area contributed by atoms with Gasteiger partial charge in [0.2, 0.25) is 10.0 Å². The van der Waals surface area contributed by atoms with E-state index in [2.05, 4.69) is 6.92 Å². The van der Waals surface area contributed by atoms with Crippen molar-refractivity contribution in [1.29, 1.82) is 0 Å². The zero-order valence-corrected chi connectivity index (χ0v) is 15.4. The SMILES string of the molecule is CCOC(=O)c1c(S(=O)(=O)N2CCC[C@@H](C)C2)c(C)n(C)c1C. The van der Waals surface area contributed by atoms with Crippen molar-refractivity contribution in [2.75, 3.05) is 19.7 Å². The molecule has 7 heteroatoms. The standard InChI is InChI=1S/C16H26N2O4S/c1-6-22-16(19)14-12(3)17(5)13(4)15(14)23(20,21)18-9-7-8-11(2)10-18/h11H,6-10H2,1-5H3/t11-/m1/s1. The van der Waals surface area contributed by atoms with Crippen LogP contribution in [0, 0.1) is 19.8 Å². The molecule has 1 aliphatic rings. The maximum Gasteiger partial charge on any atom is 0.341 e. The lowest BCUT2D eigenvalue weighted by Crippen LogP contribution is -2.39. The third-order valence-electron chi connectivity index (χ3n) is 4.62. The van der Waals surface area contributed by atoms with E-state index in [1.807, 2.05) is 0 Å². The van der Waals surface area contributed by atoms with Crippen LogP contribution in [0.5, 0.6) is 0 Å². The summed E-state index contributed by atoms with van der Waals surface area (Å²) >= 11 is 0. The Hall–Kier alpha value is -1.34. The minimum absolute atomic E-state index is 0.102. The summed E-state index contributed by atoms with van der Waals surface area (Å²) < 4.78 is 34.6. The van der Waals surface area contributed by atoms with Crippen LogP contribution in [0.25, 0.3) is 0 Å². The first-order valence-corrected chi connectivity index (χ1v) is 9.48. The summed E-state index contributed by atoms with van der Waals surface area (Å²) in [6.07, 6.45) is 1.88. The number of sulfonamides is 1.